The van der Waals surface area contributed by atoms with Gasteiger partial charge in [-0.3, -0.25) is 0 Å². The third kappa shape index (κ3) is 2.08. The van der Waals surface area contributed by atoms with Crippen LogP contribution in [0.1, 0.15) is 0 Å². The zero-order valence-corrected chi connectivity index (χ0v) is 6.56. The third-order valence-electron chi connectivity index (χ3n) is 0.871. The summed E-state index contributed by atoms with van der Waals surface area (Å²) in [7, 11) is -5.64. The van der Waals surface area contributed by atoms with Crippen LogP contribution in [0.2, 0.25) is 0 Å². The van der Waals surface area contributed by atoms with Crippen LogP contribution in [0.5, 0.6) is 5.88 Å². The second-order valence-corrected chi connectivity index (χ2v) is 3.33. The van der Waals surface area contributed by atoms with Crippen LogP contribution in [0.25, 0.3) is 0 Å². The fourth-order valence-corrected chi connectivity index (χ4v) is 0.790. The standard InChI is InChI=1S/C3H2F3N3O3S/c4-3(5,6)13(10,11)12-2-1-7-9-8-2/h1H,(H,7,8,9). The minimum atomic E-state index is -5.64. The molecule has 1 aromatic rings. The molecule has 13 heavy (non-hydrogen) atoms. The van der Waals surface area contributed by atoms with E-state index in [1.165, 1.54) is 0 Å². The van der Waals surface area contributed by atoms with E-state index in [1.54, 1.807) is 0 Å². The highest BCUT2D eigenvalue weighted by Gasteiger charge is 2.48. The zero-order chi connectivity index (χ0) is 10.1. The highest BCUT2D eigenvalue weighted by molar-refractivity contribution is 7.87. The van der Waals surface area contributed by atoms with E-state index in [0.29, 0.717) is 6.20 Å². The van der Waals surface area contributed by atoms with Crippen molar-refractivity contribution in [3.63, 3.8) is 0 Å². The minimum Gasteiger partial charge on any atom is -0.352 e. The first-order valence-electron chi connectivity index (χ1n) is 2.69. The van der Waals surface area contributed by atoms with Crippen LogP contribution >= 0.6 is 0 Å². The van der Waals surface area contributed by atoms with Gasteiger partial charge < -0.3 is 4.18 Å². The van der Waals surface area contributed by atoms with Crippen LogP contribution in [0.4, 0.5) is 13.2 Å². The second kappa shape index (κ2) is 2.87. The van der Waals surface area contributed by atoms with Gasteiger partial charge in [0, 0.05) is 0 Å². The molecule has 0 bridgehead atoms. The first kappa shape index (κ1) is 9.77. The van der Waals surface area contributed by atoms with Crippen LogP contribution in [-0.4, -0.2) is 29.3 Å². The monoisotopic (exact) mass is 217 g/mol. The zero-order valence-electron chi connectivity index (χ0n) is 5.74. The van der Waals surface area contributed by atoms with Crippen molar-refractivity contribution in [1.82, 2.24) is 15.4 Å². The molecule has 74 valence electrons. The summed E-state index contributed by atoms with van der Waals surface area (Å²) in [5, 5.41) is 7.92. The normalized spacial score (nSPS) is 12.8. The van der Waals surface area contributed by atoms with Crippen molar-refractivity contribution in [3.05, 3.63) is 6.20 Å². The van der Waals surface area contributed by atoms with Crippen molar-refractivity contribution in [2.75, 3.05) is 0 Å². The molecule has 0 unspecified atom stereocenters. The van der Waals surface area contributed by atoms with Crippen molar-refractivity contribution < 1.29 is 25.8 Å². The Morgan fingerprint density at radius 2 is 2.08 bits per heavy atom. The predicted molar refractivity (Wildman–Crippen MR) is 32.0 cm³/mol. The van der Waals surface area contributed by atoms with E-state index in [0.717, 1.165) is 0 Å². The Kier molecular flexibility index (Phi) is 2.15. The second-order valence-electron chi connectivity index (χ2n) is 1.79. The number of nitrogens with zero attached hydrogens (tertiary/aromatic N) is 2. The molecule has 10 heteroatoms. The Morgan fingerprint density at radius 1 is 1.46 bits per heavy atom. The first-order valence-corrected chi connectivity index (χ1v) is 4.10. The van der Waals surface area contributed by atoms with Crippen LogP contribution in [0.15, 0.2) is 6.20 Å². The molecule has 0 saturated carbocycles. The Hall–Kier alpha value is -1.32. The van der Waals surface area contributed by atoms with Gasteiger partial charge >= 0.3 is 15.6 Å². The molecule has 0 radical (unpaired) electrons. The highest BCUT2D eigenvalue weighted by Crippen LogP contribution is 2.25. The lowest BCUT2D eigenvalue weighted by Gasteiger charge is -2.05. The summed E-state index contributed by atoms with van der Waals surface area (Å²) in [5.41, 5.74) is -5.47. The van der Waals surface area contributed by atoms with Gasteiger partial charge in [-0.05, 0) is 0 Å². The maximum absolute atomic E-state index is 11.7. The van der Waals surface area contributed by atoms with Crippen molar-refractivity contribution in [1.29, 1.82) is 0 Å². The number of aromatic amines is 1. The van der Waals surface area contributed by atoms with Gasteiger partial charge in [-0.2, -0.15) is 31.9 Å². The van der Waals surface area contributed by atoms with Crippen molar-refractivity contribution >= 4 is 10.1 Å². The maximum Gasteiger partial charge on any atom is 0.534 e. The van der Waals surface area contributed by atoms with Crippen LogP contribution in [0.3, 0.4) is 0 Å². The van der Waals surface area contributed by atoms with E-state index < -0.39 is 21.5 Å². The lowest BCUT2D eigenvalue weighted by molar-refractivity contribution is -0.0501. The van der Waals surface area contributed by atoms with Crippen molar-refractivity contribution in [3.8, 4) is 5.88 Å². The SMILES string of the molecule is O=S(=O)(Oc1cn[nH]n1)C(F)(F)F. The highest BCUT2D eigenvalue weighted by atomic mass is 32.2. The molecule has 0 atom stereocenters. The van der Waals surface area contributed by atoms with Gasteiger partial charge in [-0.1, -0.05) is 0 Å². The maximum atomic E-state index is 11.7. The quantitative estimate of drug-likeness (QED) is 0.558. The van der Waals surface area contributed by atoms with Gasteiger partial charge in [0.05, 0.1) is 0 Å². The number of hydrogen-bond donors (Lipinski definition) is 1. The number of alkyl halides is 3. The van der Waals surface area contributed by atoms with E-state index in [2.05, 4.69) is 14.4 Å². The molecule has 1 N–H and O–H groups in total. The summed E-state index contributed by atoms with van der Waals surface area (Å²) in [6.07, 6.45) is 0.698. The molecule has 1 rings (SSSR count). The van der Waals surface area contributed by atoms with E-state index in [9.17, 15) is 21.6 Å². The molecule has 0 aromatic carbocycles. The Balaban J connectivity index is 2.87. The molecule has 1 heterocycles. The molecule has 0 aliphatic heterocycles. The topological polar surface area (TPSA) is 84.9 Å². The van der Waals surface area contributed by atoms with Crippen LogP contribution in [-0.2, 0) is 10.1 Å². The number of halogens is 3. The number of rotatable bonds is 2. The molecule has 0 aliphatic rings. The Labute approximate surface area is 69.8 Å². The summed E-state index contributed by atoms with van der Waals surface area (Å²) in [4.78, 5) is 0. The largest absolute Gasteiger partial charge is 0.534 e. The van der Waals surface area contributed by atoms with Crippen LogP contribution in [0, 0.1) is 0 Å². The molecular weight excluding hydrogens is 215 g/mol. The fourth-order valence-electron chi connectivity index (χ4n) is 0.391. The Morgan fingerprint density at radius 3 is 2.46 bits per heavy atom. The van der Waals surface area contributed by atoms with E-state index in [4.69, 9.17) is 0 Å². The van der Waals surface area contributed by atoms with E-state index in [-0.39, 0.29) is 0 Å². The molecule has 0 aliphatic carbocycles. The molecule has 1 aromatic heterocycles. The summed E-state index contributed by atoms with van der Waals surface area (Å²) in [5.74, 6) is -0.766. The Bertz CT molecular complexity index is 368. The van der Waals surface area contributed by atoms with Gasteiger partial charge in [0.15, 0.2) is 0 Å². The number of aromatic nitrogens is 3. The lowest BCUT2D eigenvalue weighted by atomic mass is 10.9. The smallest absolute Gasteiger partial charge is 0.352 e. The fraction of sp³-hybridized carbons (Fsp3) is 0.333. The molecule has 0 amide bonds. The van der Waals surface area contributed by atoms with Crippen LogP contribution < -0.4 is 4.18 Å². The van der Waals surface area contributed by atoms with Gasteiger partial charge in [0.2, 0.25) is 0 Å². The molecular formula is C3H2F3N3O3S. The third-order valence-corrected chi connectivity index (χ3v) is 1.83. The molecule has 6 nitrogen and oxygen atoms in total. The van der Waals surface area contributed by atoms with Gasteiger partial charge in [-0.25, -0.2) is 0 Å². The minimum absolute atomic E-state index is 0.698. The summed E-state index contributed by atoms with van der Waals surface area (Å²) in [6, 6.07) is 0. The first-order chi connectivity index (χ1) is 5.83. The average molecular weight is 217 g/mol. The predicted octanol–water partition coefficient (Wildman–Crippen LogP) is 0.0331. The molecule has 0 spiro atoms. The summed E-state index contributed by atoms with van der Waals surface area (Å²) < 4.78 is 59.1. The van der Waals surface area contributed by atoms with Crippen molar-refractivity contribution in [2.45, 2.75) is 5.51 Å². The van der Waals surface area contributed by atoms with Gasteiger partial charge in [-0.15, -0.1) is 5.10 Å². The number of H-pyrrole nitrogens is 1. The number of nitrogens with one attached hydrogen (secondary N) is 1. The van der Waals surface area contributed by atoms with E-state index in [1.807, 2.05) is 5.21 Å². The lowest BCUT2D eigenvalue weighted by Crippen LogP contribution is -2.28. The summed E-state index contributed by atoms with van der Waals surface area (Å²) in [6.45, 7) is 0. The summed E-state index contributed by atoms with van der Waals surface area (Å²) >= 11 is 0. The average Bonchev–Trinajstić information content (AvgIpc) is 2.35. The molecule has 0 fully saturated rings. The van der Waals surface area contributed by atoms with E-state index >= 15 is 0 Å². The van der Waals surface area contributed by atoms with Gasteiger partial charge in [0.1, 0.15) is 6.20 Å². The van der Waals surface area contributed by atoms with Gasteiger partial charge in [0.25, 0.3) is 5.88 Å². The molecule has 0 saturated heterocycles. The van der Waals surface area contributed by atoms with Crippen molar-refractivity contribution in [2.24, 2.45) is 0 Å². The number of hydrogen-bond acceptors (Lipinski definition) is 5.